The number of amides is 4. The van der Waals surface area contributed by atoms with E-state index in [1.165, 1.54) is 0 Å². The zero-order valence-corrected chi connectivity index (χ0v) is 19.3. The average Bonchev–Trinajstić information content (AvgIpc) is 3.09. The van der Waals surface area contributed by atoms with Crippen molar-refractivity contribution in [3.8, 4) is 5.75 Å². The lowest BCUT2D eigenvalue weighted by molar-refractivity contribution is -0.135. The van der Waals surface area contributed by atoms with E-state index >= 15 is 0 Å². The van der Waals surface area contributed by atoms with E-state index in [0.717, 1.165) is 43.3 Å². The summed E-state index contributed by atoms with van der Waals surface area (Å²) in [6.07, 6.45) is 0.320. The van der Waals surface area contributed by atoms with Crippen LogP contribution < -0.4 is 20.3 Å². The number of ether oxygens (including phenoxy) is 1. The highest BCUT2D eigenvalue weighted by molar-refractivity contribution is 6.10. The van der Waals surface area contributed by atoms with Gasteiger partial charge in [-0.15, -0.1) is 0 Å². The van der Waals surface area contributed by atoms with Crippen molar-refractivity contribution in [3.63, 3.8) is 0 Å². The molecule has 3 aliphatic heterocycles. The van der Waals surface area contributed by atoms with Crippen molar-refractivity contribution < 1.29 is 19.1 Å². The molecule has 1 spiro atoms. The number of nitrogens with one attached hydrogen (secondary N) is 2. The number of rotatable bonds is 5. The van der Waals surface area contributed by atoms with Crippen LogP contribution in [-0.2, 0) is 15.1 Å². The average molecular weight is 464 g/mol. The van der Waals surface area contributed by atoms with E-state index < -0.39 is 23.4 Å². The van der Waals surface area contributed by atoms with Crippen molar-refractivity contribution in [1.82, 2.24) is 15.1 Å². The van der Waals surface area contributed by atoms with Crippen LogP contribution in [0.1, 0.15) is 18.9 Å². The summed E-state index contributed by atoms with van der Waals surface area (Å²) in [5, 5.41) is 5.62. The first-order chi connectivity index (χ1) is 16.5. The van der Waals surface area contributed by atoms with E-state index in [1.54, 1.807) is 18.2 Å². The zero-order chi connectivity index (χ0) is 23.7. The normalized spacial score (nSPS) is 22.4. The molecule has 3 heterocycles. The molecule has 1 atom stereocenters. The maximum absolute atomic E-state index is 13.3. The number of likely N-dealkylation sites (N-methyl/N-ethyl adjacent to an activating group) is 1. The monoisotopic (exact) mass is 463 g/mol. The number of hydrogen-bond donors (Lipinski definition) is 2. The van der Waals surface area contributed by atoms with Crippen molar-refractivity contribution in [2.45, 2.75) is 18.9 Å². The number of fused-ring (bicyclic) bond motifs is 2. The molecule has 34 heavy (non-hydrogen) atoms. The summed E-state index contributed by atoms with van der Waals surface area (Å²) in [6.45, 7) is 7.23. The molecule has 0 saturated carbocycles. The van der Waals surface area contributed by atoms with Crippen molar-refractivity contribution in [3.05, 3.63) is 54.1 Å². The van der Waals surface area contributed by atoms with Gasteiger partial charge in [0, 0.05) is 49.5 Å². The van der Waals surface area contributed by atoms with Gasteiger partial charge in [-0.3, -0.25) is 14.5 Å². The van der Waals surface area contributed by atoms with Gasteiger partial charge in [0.1, 0.15) is 12.3 Å². The molecule has 1 unspecified atom stereocenters. The molecule has 5 rings (SSSR count). The standard InChI is InChI=1S/C25H29N5O4/c1-2-28-12-14-29(15-13-28)19-9-7-18(8-10-19)26-22(31)17-30-23(32)25(27-24(30)33)11-16-34-21-6-4-3-5-20(21)25/h3-10H,2,11-17H2,1H3,(H,26,31)(H,27,33). The largest absolute Gasteiger partial charge is 0.493 e. The Morgan fingerprint density at radius 2 is 1.79 bits per heavy atom. The van der Waals surface area contributed by atoms with E-state index in [2.05, 4.69) is 27.4 Å². The molecule has 2 aromatic rings. The fourth-order valence-electron chi connectivity index (χ4n) is 4.94. The molecule has 2 N–H and O–H groups in total. The highest BCUT2D eigenvalue weighted by Crippen LogP contribution is 2.40. The molecule has 2 fully saturated rings. The number of carbonyl (C=O) groups is 3. The van der Waals surface area contributed by atoms with Crippen LogP contribution in [0.4, 0.5) is 16.2 Å². The molecule has 3 aliphatic rings. The molecule has 0 bridgehead atoms. The maximum atomic E-state index is 13.3. The van der Waals surface area contributed by atoms with Gasteiger partial charge in [-0.25, -0.2) is 4.79 Å². The van der Waals surface area contributed by atoms with Crippen molar-refractivity contribution in [1.29, 1.82) is 0 Å². The first-order valence-corrected chi connectivity index (χ1v) is 11.7. The van der Waals surface area contributed by atoms with Gasteiger partial charge in [-0.05, 0) is 36.9 Å². The summed E-state index contributed by atoms with van der Waals surface area (Å²) < 4.78 is 5.65. The number of hydrogen-bond acceptors (Lipinski definition) is 6. The summed E-state index contributed by atoms with van der Waals surface area (Å²) in [6, 6.07) is 14.3. The van der Waals surface area contributed by atoms with Crippen LogP contribution in [-0.4, -0.2) is 73.5 Å². The third-order valence-electron chi connectivity index (χ3n) is 6.89. The van der Waals surface area contributed by atoms with Crippen LogP contribution in [0.2, 0.25) is 0 Å². The van der Waals surface area contributed by atoms with Gasteiger partial charge in [0.2, 0.25) is 5.91 Å². The van der Waals surface area contributed by atoms with Crippen molar-refractivity contribution in [2.75, 3.05) is 56.1 Å². The number of carbonyl (C=O) groups excluding carboxylic acids is 3. The van der Waals surface area contributed by atoms with E-state index in [-0.39, 0.29) is 6.54 Å². The summed E-state index contributed by atoms with van der Waals surface area (Å²) in [7, 11) is 0. The van der Waals surface area contributed by atoms with Crippen LogP contribution in [0.5, 0.6) is 5.75 Å². The highest BCUT2D eigenvalue weighted by atomic mass is 16.5. The SMILES string of the molecule is CCN1CCN(c2ccc(NC(=O)CN3C(=O)NC4(CCOc5ccccc54)C3=O)cc2)CC1. The third-order valence-corrected chi connectivity index (χ3v) is 6.89. The number of imide groups is 1. The summed E-state index contributed by atoms with van der Waals surface area (Å²) in [4.78, 5) is 44.4. The van der Waals surface area contributed by atoms with Gasteiger partial charge in [0.05, 0.1) is 6.61 Å². The molecular weight excluding hydrogens is 434 g/mol. The fraction of sp³-hybridized carbons (Fsp3) is 0.400. The zero-order valence-electron chi connectivity index (χ0n) is 19.3. The molecule has 2 aromatic carbocycles. The molecule has 2 saturated heterocycles. The van der Waals surface area contributed by atoms with Gasteiger partial charge in [-0.1, -0.05) is 25.1 Å². The first kappa shape index (κ1) is 22.2. The van der Waals surface area contributed by atoms with Crippen molar-refractivity contribution >= 4 is 29.2 Å². The summed E-state index contributed by atoms with van der Waals surface area (Å²) in [5.41, 5.74) is 1.18. The number of nitrogens with zero attached hydrogens (tertiary/aromatic N) is 3. The number of urea groups is 1. The Kier molecular flexibility index (Phi) is 5.87. The summed E-state index contributed by atoms with van der Waals surface area (Å²) in [5.74, 6) is -0.278. The molecule has 4 amide bonds. The lowest BCUT2D eigenvalue weighted by Gasteiger charge is -2.35. The van der Waals surface area contributed by atoms with Crippen LogP contribution in [0, 0.1) is 0 Å². The van der Waals surface area contributed by atoms with Gasteiger partial charge >= 0.3 is 6.03 Å². The molecular formula is C25H29N5O4. The lowest BCUT2D eigenvalue weighted by atomic mass is 9.84. The molecule has 9 nitrogen and oxygen atoms in total. The van der Waals surface area contributed by atoms with Crippen LogP contribution in [0.3, 0.4) is 0 Å². The Morgan fingerprint density at radius 3 is 2.53 bits per heavy atom. The van der Waals surface area contributed by atoms with E-state index in [0.29, 0.717) is 30.0 Å². The second kappa shape index (κ2) is 8.98. The smallest absolute Gasteiger partial charge is 0.325 e. The predicted molar refractivity (Wildman–Crippen MR) is 128 cm³/mol. The Bertz CT molecular complexity index is 1100. The Labute approximate surface area is 198 Å². The number of anilines is 2. The number of piperazine rings is 1. The maximum Gasteiger partial charge on any atom is 0.325 e. The minimum atomic E-state index is -1.18. The van der Waals surface area contributed by atoms with Crippen molar-refractivity contribution in [2.24, 2.45) is 0 Å². The fourth-order valence-corrected chi connectivity index (χ4v) is 4.94. The first-order valence-electron chi connectivity index (χ1n) is 11.7. The lowest BCUT2D eigenvalue weighted by Crippen LogP contribution is -2.48. The Balaban J connectivity index is 1.22. The topological polar surface area (TPSA) is 94.2 Å². The predicted octanol–water partition coefficient (Wildman–Crippen LogP) is 2.00. The van der Waals surface area contributed by atoms with E-state index in [9.17, 15) is 14.4 Å². The van der Waals surface area contributed by atoms with E-state index in [4.69, 9.17) is 4.74 Å². The molecule has 0 aromatic heterocycles. The Hall–Kier alpha value is -3.59. The second-order valence-electron chi connectivity index (χ2n) is 8.84. The highest BCUT2D eigenvalue weighted by Gasteiger charge is 2.55. The summed E-state index contributed by atoms with van der Waals surface area (Å²) >= 11 is 0. The minimum absolute atomic E-state index is 0.308. The minimum Gasteiger partial charge on any atom is -0.493 e. The number of para-hydroxylation sites is 1. The van der Waals surface area contributed by atoms with E-state index in [1.807, 2.05) is 30.3 Å². The molecule has 178 valence electrons. The molecule has 0 radical (unpaired) electrons. The van der Waals surface area contributed by atoms with Gasteiger partial charge < -0.3 is 25.2 Å². The van der Waals surface area contributed by atoms with Crippen LogP contribution >= 0.6 is 0 Å². The van der Waals surface area contributed by atoms with Gasteiger partial charge in [0.15, 0.2) is 5.54 Å². The molecule has 9 heteroatoms. The second-order valence-corrected chi connectivity index (χ2v) is 8.84. The number of benzene rings is 2. The molecule has 0 aliphatic carbocycles. The van der Waals surface area contributed by atoms with Gasteiger partial charge in [0.25, 0.3) is 5.91 Å². The van der Waals surface area contributed by atoms with Crippen LogP contribution in [0.15, 0.2) is 48.5 Å². The van der Waals surface area contributed by atoms with Gasteiger partial charge in [-0.2, -0.15) is 0 Å². The quantitative estimate of drug-likeness (QED) is 0.659. The van der Waals surface area contributed by atoms with Crippen LogP contribution in [0.25, 0.3) is 0 Å². The third kappa shape index (κ3) is 3.96. The Morgan fingerprint density at radius 1 is 1.06 bits per heavy atom.